The molecule has 1 aromatic carbocycles. The lowest BCUT2D eigenvalue weighted by Crippen LogP contribution is -2.31. The molecule has 4 nitrogen and oxygen atoms in total. The molecule has 0 aromatic heterocycles. The second-order valence-electron chi connectivity index (χ2n) is 3.58. The standard InChI is InChI=1S/C12H18N2O2S/c1-9-4-5-11(16-3)10(8-9)14-12(17)13-6-7-15-2/h4-5,8H,6-7H2,1-3H3,(H2,13,14,17). The predicted octanol–water partition coefficient (Wildman–Crippen LogP) is 1.94. The largest absolute Gasteiger partial charge is 0.495 e. The van der Waals surface area contributed by atoms with Crippen LogP contribution in [-0.4, -0.2) is 32.5 Å². The first-order valence-electron chi connectivity index (χ1n) is 5.36. The first-order valence-corrected chi connectivity index (χ1v) is 5.76. The summed E-state index contributed by atoms with van der Waals surface area (Å²) < 4.78 is 10.2. The summed E-state index contributed by atoms with van der Waals surface area (Å²) >= 11 is 5.17. The Morgan fingerprint density at radius 3 is 2.76 bits per heavy atom. The van der Waals surface area contributed by atoms with Crippen LogP contribution in [0.1, 0.15) is 5.56 Å². The Kier molecular flexibility index (Phi) is 5.72. The highest BCUT2D eigenvalue weighted by atomic mass is 32.1. The molecule has 94 valence electrons. The van der Waals surface area contributed by atoms with Gasteiger partial charge in [0, 0.05) is 13.7 Å². The first kappa shape index (κ1) is 13.7. The Balaban J connectivity index is 2.60. The van der Waals surface area contributed by atoms with Gasteiger partial charge in [0.2, 0.25) is 0 Å². The Morgan fingerprint density at radius 1 is 1.35 bits per heavy atom. The quantitative estimate of drug-likeness (QED) is 0.621. The summed E-state index contributed by atoms with van der Waals surface area (Å²) in [6.07, 6.45) is 0. The van der Waals surface area contributed by atoms with Gasteiger partial charge in [-0.05, 0) is 36.8 Å². The Labute approximate surface area is 107 Å². The van der Waals surface area contributed by atoms with Crippen LogP contribution >= 0.6 is 12.2 Å². The number of thiocarbonyl (C=S) groups is 1. The number of hydrogen-bond donors (Lipinski definition) is 2. The van der Waals surface area contributed by atoms with Crippen molar-refractivity contribution in [2.45, 2.75) is 6.92 Å². The summed E-state index contributed by atoms with van der Waals surface area (Å²) in [6, 6.07) is 5.89. The van der Waals surface area contributed by atoms with Crippen molar-refractivity contribution in [3.05, 3.63) is 23.8 Å². The number of ether oxygens (including phenoxy) is 2. The van der Waals surface area contributed by atoms with Crippen molar-refractivity contribution in [2.24, 2.45) is 0 Å². The molecule has 2 N–H and O–H groups in total. The van der Waals surface area contributed by atoms with Crippen molar-refractivity contribution in [1.82, 2.24) is 5.32 Å². The molecule has 0 radical (unpaired) electrons. The molecule has 5 heteroatoms. The van der Waals surface area contributed by atoms with E-state index in [1.165, 1.54) is 0 Å². The topological polar surface area (TPSA) is 42.5 Å². The van der Waals surface area contributed by atoms with Crippen LogP contribution in [0.15, 0.2) is 18.2 Å². The third kappa shape index (κ3) is 4.58. The van der Waals surface area contributed by atoms with Gasteiger partial charge in [-0.3, -0.25) is 0 Å². The minimum atomic E-state index is 0.561. The molecule has 0 saturated carbocycles. The van der Waals surface area contributed by atoms with Crippen molar-refractivity contribution in [3.63, 3.8) is 0 Å². The Morgan fingerprint density at radius 2 is 2.12 bits per heavy atom. The molecule has 17 heavy (non-hydrogen) atoms. The van der Waals surface area contributed by atoms with Crippen LogP contribution < -0.4 is 15.4 Å². The van der Waals surface area contributed by atoms with Crippen LogP contribution in [0.4, 0.5) is 5.69 Å². The highest BCUT2D eigenvalue weighted by molar-refractivity contribution is 7.80. The van der Waals surface area contributed by atoms with Crippen molar-refractivity contribution in [2.75, 3.05) is 32.7 Å². The minimum Gasteiger partial charge on any atom is -0.495 e. The van der Waals surface area contributed by atoms with Crippen LogP contribution in [0.5, 0.6) is 5.75 Å². The average molecular weight is 254 g/mol. The van der Waals surface area contributed by atoms with Gasteiger partial charge in [-0.2, -0.15) is 0 Å². The molecule has 0 bridgehead atoms. The molecule has 0 spiro atoms. The lowest BCUT2D eigenvalue weighted by Gasteiger charge is -2.13. The fraction of sp³-hybridized carbons (Fsp3) is 0.417. The second kappa shape index (κ2) is 7.09. The van der Waals surface area contributed by atoms with E-state index in [9.17, 15) is 0 Å². The summed E-state index contributed by atoms with van der Waals surface area (Å²) in [5.41, 5.74) is 2.01. The number of methoxy groups -OCH3 is 2. The summed E-state index contributed by atoms with van der Waals surface area (Å²) in [4.78, 5) is 0. The maximum absolute atomic E-state index is 5.25. The lowest BCUT2D eigenvalue weighted by molar-refractivity contribution is 0.204. The van der Waals surface area contributed by atoms with Gasteiger partial charge in [-0.1, -0.05) is 6.07 Å². The van der Waals surface area contributed by atoms with Gasteiger partial charge in [0.1, 0.15) is 5.75 Å². The molecule has 0 heterocycles. The van der Waals surface area contributed by atoms with Crippen molar-refractivity contribution < 1.29 is 9.47 Å². The number of anilines is 1. The van der Waals surface area contributed by atoms with Crippen LogP contribution in [0.25, 0.3) is 0 Å². The monoisotopic (exact) mass is 254 g/mol. The Hall–Kier alpha value is -1.33. The molecule has 0 aliphatic carbocycles. The zero-order chi connectivity index (χ0) is 12.7. The van der Waals surface area contributed by atoms with Crippen LogP contribution in [-0.2, 0) is 4.74 Å². The molecule has 0 fully saturated rings. The van der Waals surface area contributed by atoms with Gasteiger partial charge in [0.05, 0.1) is 19.4 Å². The molecule has 0 saturated heterocycles. The van der Waals surface area contributed by atoms with E-state index in [1.54, 1.807) is 14.2 Å². The summed E-state index contributed by atoms with van der Waals surface area (Å²) in [5.74, 6) is 0.770. The van der Waals surface area contributed by atoms with Gasteiger partial charge >= 0.3 is 0 Å². The third-order valence-electron chi connectivity index (χ3n) is 2.19. The lowest BCUT2D eigenvalue weighted by atomic mass is 10.2. The number of nitrogens with one attached hydrogen (secondary N) is 2. The molecule has 0 unspecified atom stereocenters. The van der Waals surface area contributed by atoms with Crippen LogP contribution in [0.2, 0.25) is 0 Å². The zero-order valence-electron chi connectivity index (χ0n) is 10.4. The predicted molar refractivity (Wildman–Crippen MR) is 73.8 cm³/mol. The van der Waals surface area contributed by atoms with E-state index >= 15 is 0 Å². The average Bonchev–Trinajstić information content (AvgIpc) is 2.29. The smallest absolute Gasteiger partial charge is 0.170 e. The second-order valence-corrected chi connectivity index (χ2v) is 3.99. The van der Waals surface area contributed by atoms with E-state index in [-0.39, 0.29) is 0 Å². The molecule has 0 aliphatic heterocycles. The molecular formula is C12H18N2O2S. The summed E-state index contributed by atoms with van der Waals surface area (Å²) in [5, 5.41) is 6.70. The molecule has 0 aliphatic rings. The third-order valence-corrected chi connectivity index (χ3v) is 2.44. The van der Waals surface area contributed by atoms with Crippen LogP contribution in [0.3, 0.4) is 0 Å². The van der Waals surface area contributed by atoms with E-state index in [4.69, 9.17) is 21.7 Å². The SMILES string of the molecule is COCCNC(=S)Nc1cc(C)ccc1OC. The fourth-order valence-corrected chi connectivity index (χ4v) is 1.56. The van der Waals surface area contributed by atoms with Gasteiger partial charge in [0.25, 0.3) is 0 Å². The number of benzene rings is 1. The molecule has 1 aromatic rings. The molecule has 0 atom stereocenters. The van der Waals surface area contributed by atoms with Crippen molar-refractivity contribution in [3.8, 4) is 5.75 Å². The van der Waals surface area contributed by atoms with Gasteiger partial charge < -0.3 is 20.1 Å². The molecule has 0 amide bonds. The summed E-state index contributed by atoms with van der Waals surface area (Å²) in [7, 11) is 3.29. The van der Waals surface area contributed by atoms with Crippen molar-refractivity contribution in [1.29, 1.82) is 0 Å². The van der Waals surface area contributed by atoms with E-state index in [2.05, 4.69) is 10.6 Å². The first-order chi connectivity index (χ1) is 8.17. The van der Waals surface area contributed by atoms with Gasteiger partial charge in [-0.15, -0.1) is 0 Å². The highest BCUT2D eigenvalue weighted by Gasteiger charge is 2.04. The van der Waals surface area contributed by atoms with E-state index < -0.39 is 0 Å². The maximum Gasteiger partial charge on any atom is 0.170 e. The maximum atomic E-state index is 5.25. The molecular weight excluding hydrogens is 236 g/mol. The number of aryl methyl sites for hydroxylation is 1. The van der Waals surface area contributed by atoms with Gasteiger partial charge in [0.15, 0.2) is 5.11 Å². The van der Waals surface area contributed by atoms with Crippen LogP contribution in [0, 0.1) is 6.92 Å². The highest BCUT2D eigenvalue weighted by Crippen LogP contribution is 2.24. The number of rotatable bonds is 5. The normalized spacial score (nSPS) is 9.82. The van der Waals surface area contributed by atoms with E-state index in [0.29, 0.717) is 18.3 Å². The van der Waals surface area contributed by atoms with E-state index in [0.717, 1.165) is 17.0 Å². The number of hydrogen-bond acceptors (Lipinski definition) is 3. The van der Waals surface area contributed by atoms with E-state index in [1.807, 2.05) is 25.1 Å². The zero-order valence-corrected chi connectivity index (χ0v) is 11.2. The fourth-order valence-electron chi connectivity index (χ4n) is 1.35. The molecule has 1 rings (SSSR count). The Bertz CT molecular complexity index is 383. The summed E-state index contributed by atoms with van der Waals surface area (Å²) in [6.45, 7) is 3.31. The van der Waals surface area contributed by atoms with Gasteiger partial charge in [-0.25, -0.2) is 0 Å². The minimum absolute atomic E-state index is 0.561. The van der Waals surface area contributed by atoms with Crippen molar-refractivity contribution >= 4 is 23.0 Å².